The lowest BCUT2D eigenvalue weighted by Crippen LogP contribution is -2.53. The molecule has 0 aliphatic carbocycles. The molecule has 3 aromatic carbocycles. The maximum absolute atomic E-state index is 14.1. The van der Waals surface area contributed by atoms with Crippen molar-refractivity contribution >= 4 is 17.5 Å². The summed E-state index contributed by atoms with van der Waals surface area (Å²) in [6, 6.07) is 25.9. The molecular formula is C32H35N3O3. The third kappa shape index (κ3) is 5.08. The molecule has 2 aliphatic rings. The molecule has 0 saturated carbocycles. The third-order valence-corrected chi connectivity index (χ3v) is 7.79. The topological polar surface area (TPSA) is 62.2 Å². The van der Waals surface area contributed by atoms with Gasteiger partial charge in [0.05, 0.1) is 11.1 Å². The Bertz CT molecular complexity index is 1300. The molecular weight excluding hydrogens is 474 g/mol. The van der Waals surface area contributed by atoms with Crippen molar-refractivity contribution in [3.8, 4) is 0 Å². The Kier molecular flexibility index (Phi) is 7.32. The van der Waals surface area contributed by atoms with E-state index in [0.29, 0.717) is 44.6 Å². The van der Waals surface area contributed by atoms with Crippen LogP contribution in [0.5, 0.6) is 0 Å². The molecule has 5 rings (SSSR count). The lowest BCUT2D eigenvalue weighted by atomic mass is 9.71. The molecule has 0 spiro atoms. The van der Waals surface area contributed by atoms with E-state index in [9.17, 15) is 9.59 Å². The van der Waals surface area contributed by atoms with Crippen molar-refractivity contribution in [3.63, 3.8) is 0 Å². The van der Waals surface area contributed by atoms with E-state index in [1.54, 1.807) is 0 Å². The Morgan fingerprint density at radius 2 is 1.39 bits per heavy atom. The summed E-state index contributed by atoms with van der Waals surface area (Å²) >= 11 is 0. The molecule has 1 atom stereocenters. The van der Waals surface area contributed by atoms with Gasteiger partial charge in [-0.15, -0.1) is 0 Å². The number of rotatable bonds is 6. The van der Waals surface area contributed by atoms with Gasteiger partial charge < -0.3 is 14.6 Å². The summed E-state index contributed by atoms with van der Waals surface area (Å²) in [5.74, 6) is 0.158. The van der Waals surface area contributed by atoms with Crippen molar-refractivity contribution in [2.24, 2.45) is 5.16 Å². The third-order valence-electron chi connectivity index (χ3n) is 7.79. The van der Waals surface area contributed by atoms with Crippen LogP contribution in [0.3, 0.4) is 0 Å². The fraction of sp³-hybridized carbons (Fsp3) is 0.344. The van der Waals surface area contributed by atoms with E-state index in [-0.39, 0.29) is 17.9 Å². The van der Waals surface area contributed by atoms with Crippen LogP contribution in [0.4, 0.5) is 0 Å². The summed E-state index contributed by atoms with van der Waals surface area (Å²) in [5, 5.41) is 4.04. The summed E-state index contributed by atoms with van der Waals surface area (Å²) < 4.78 is 0. The van der Waals surface area contributed by atoms with E-state index in [2.05, 4.69) is 29.4 Å². The van der Waals surface area contributed by atoms with Crippen LogP contribution in [-0.2, 0) is 28.1 Å². The predicted octanol–water partition coefficient (Wildman–Crippen LogP) is 5.88. The van der Waals surface area contributed by atoms with Crippen LogP contribution in [0.2, 0.25) is 0 Å². The zero-order valence-corrected chi connectivity index (χ0v) is 22.4. The SMILES string of the molecule is CC(C)=NOC(C)c1ccc(C(=O)N2CCC(C(=O)N3Cc4ccccc4C3)(c3ccccc3)CC2)cc1. The van der Waals surface area contributed by atoms with Crippen LogP contribution >= 0.6 is 0 Å². The maximum Gasteiger partial charge on any atom is 0.253 e. The highest BCUT2D eigenvalue weighted by molar-refractivity contribution is 5.95. The van der Waals surface area contributed by atoms with Gasteiger partial charge in [-0.3, -0.25) is 9.59 Å². The number of oxime groups is 1. The zero-order chi connectivity index (χ0) is 26.7. The van der Waals surface area contributed by atoms with Crippen LogP contribution in [0, 0.1) is 0 Å². The second kappa shape index (κ2) is 10.8. The quantitative estimate of drug-likeness (QED) is 0.308. The molecule has 6 heteroatoms. The Hall–Kier alpha value is -3.93. The molecule has 0 N–H and O–H groups in total. The van der Waals surface area contributed by atoms with E-state index in [1.165, 1.54) is 11.1 Å². The molecule has 1 unspecified atom stereocenters. The van der Waals surface area contributed by atoms with Gasteiger partial charge in [0.1, 0.15) is 6.10 Å². The van der Waals surface area contributed by atoms with Gasteiger partial charge in [-0.1, -0.05) is 71.9 Å². The van der Waals surface area contributed by atoms with E-state index >= 15 is 0 Å². The first-order valence-corrected chi connectivity index (χ1v) is 13.4. The molecule has 0 bridgehead atoms. The first-order chi connectivity index (χ1) is 18.4. The minimum atomic E-state index is -0.630. The number of fused-ring (bicyclic) bond motifs is 1. The molecule has 2 amide bonds. The van der Waals surface area contributed by atoms with Crippen molar-refractivity contribution < 1.29 is 14.4 Å². The number of hydrogen-bond donors (Lipinski definition) is 0. The summed E-state index contributed by atoms with van der Waals surface area (Å²) in [5.41, 5.74) is 5.31. The van der Waals surface area contributed by atoms with Crippen molar-refractivity contribution in [2.75, 3.05) is 13.1 Å². The first kappa shape index (κ1) is 25.7. The molecule has 2 heterocycles. The van der Waals surface area contributed by atoms with Crippen LogP contribution in [-0.4, -0.2) is 40.4 Å². The highest BCUT2D eigenvalue weighted by Crippen LogP contribution is 2.40. The average molecular weight is 510 g/mol. The largest absolute Gasteiger partial charge is 0.388 e. The highest BCUT2D eigenvalue weighted by Gasteiger charge is 2.46. The Morgan fingerprint density at radius 1 is 0.816 bits per heavy atom. The lowest BCUT2D eigenvalue weighted by Gasteiger charge is -2.43. The molecule has 6 nitrogen and oxygen atoms in total. The van der Waals surface area contributed by atoms with E-state index < -0.39 is 5.41 Å². The van der Waals surface area contributed by atoms with Gasteiger partial charge in [0.25, 0.3) is 5.91 Å². The van der Waals surface area contributed by atoms with Crippen molar-refractivity contribution in [3.05, 3.63) is 107 Å². The van der Waals surface area contributed by atoms with Gasteiger partial charge in [0, 0.05) is 31.7 Å². The molecule has 2 aliphatic heterocycles. The number of carbonyl (C=O) groups excluding carboxylic acids is 2. The smallest absolute Gasteiger partial charge is 0.253 e. The molecule has 0 radical (unpaired) electrons. The number of piperidine rings is 1. The number of amides is 2. The molecule has 0 aromatic heterocycles. The summed E-state index contributed by atoms with van der Waals surface area (Å²) in [4.78, 5) is 36.9. The first-order valence-electron chi connectivity index (χ1n) is 13.4. The second-order valence-electron chi connectivity index (χ2n) is 10.6. The van der Waals surface area contributed by atoms with Gasteiger partial charge in [-0.2, -0.15) is 0 Å². The van der Waals surface area contributed by atoms with Crippen molar-refractivity contribution in [2.45, 2.75) is 58.2 Å². The van der Waals surface area contributed by atoms with Gasteiger partial charge in [0.2, 0.25) is 5.91 Å². The van der Waals surface area contributed by atoms with Crippen molar-refractivity contribution in [1.82, 2.24) is 9.80 Å². The minimum absolute atomic E-state index is 0.00441. The standard InChI is InChI=1S/C32H35N3O3/c1-23(2)33-38-24(3)25-13-15-26(16-14-25)30(36)34-19-17-32(18-20-34,29-11-5-4-6-12-29)31(37)35-21-27-9-7-8-10-28(27)22-35/h4-16,24H,17-22H2,1-3H3. The summed E-state index contributed by atoms with van der Waals surface area (Å²) in [6.45, 7) is 8.06. The number of likely N-dealkylation sites (tertiary alicyclic amines) is 1. The molecule has 196 valence electrons. The average Bonchev–Trinajstić information content (AvgIpc) is 3.40. The van der Waals surface area contributed by atoms with Gasteiger partial charge in [0.15, 0.2) is 0 Å². The number of nitrogens with zero attached hydrogens (tertiary/aromatic N) is 3. The van der Waals surface area contributed by atoms with Gasteiger partial charge in [-0.25, -0.2) is 0 Å². The normalized spacial score (nSPS) is 16.9. The number of hydrogen-bond acceptors (Lipinski definition) is 4. The van der Waals surface area contributed by atoms with Crippen LogP contribution in [0.25, 0.3) is 0 Å². The molecule has 38 heavy (non-hydrogen) atoms. The number of carbonyl (C=O) groups is 2. The van der Waals surface area contributed by atoms with Crippen LogP contribution < -0.4 is 0 Å². The highest BCUT2D eigenvalue weighted by atomic mass is 16.6. The van der Waals surface area contributed by atoms with Gasteiger partial charge >= 0.3 is 0 Å². The Labute approximate surface area is 224 Å². The molecule has 1 saturated heterocycles. The number of benzene rings is 3. The van der Waals surface area contributed by atoms with Crippen LogP contribution in [0.1, 0.15) is 72.3 Å². The Morgan fingerprint density at radius 3 is 1.97 bits per heavy atom. The Balaban J connectivity index is 1.30. The van der Waals surface area contributed by atoms with Crippen molar-refractivity contribution in [1.29, 1.82) is 0 Å². The minimum Gasteiger partial charge on any atom is -0.388 e. The molecule has 1 fully saturated rings. The second-order valence-corrected chi connectivity index (χ2v) is 10.6. The van der Waals surface area contributed by atoms with Gasteiger partial charge in [-0.05, 0) is 68.0 Å². The molecule has 3 aromatic rings. The monoisotopic (exact) mass is 509 g/mol. The zero-order valence-electron chi connectivity index (χ0n) is 22.4. The van der Waals surface area contributed by atoms with E-state index in [0.717, 1.165) is 16.8 Å². The summed E-state index contributed by atoms with van der Waals surface area (Å²) in [6.07, 6.45) is 1.01. The summed E-state index contributed by atoms with van der Waals surface area (Å²) in [7, 11) is 0. The lowest BCUT2D eigenvalue weighted by molar-refractivity contribution is -0.140. The van der Waals surface area contributed by atoms with E-state index in [4.69, 9.17) is 4.84 Å². The van der Waals surface area contributed by atoms with Crippen LogP contribution in [0.15, 0.2) is 84.0 Å². The fourth-order valence-electron chi connectivity index (χ4n) is 5.58. The maximum atomic E-state index is 14.1. The van der Waals surface area contributed by atoms with E-state index in [1.807, 2.05) is 85.2 Å². The predicted molar refractivity (Wildman–Crippen MR) is 149 cm³/mol. The fourth-order valence-corrected chi connectivity index (χ4v) is 5.58.